The number of aromatic nitrogens is 2. The number of hydrogen-bond acceptors (Lipinski definition) is 3. The molecule has 1 aliphatic heterocycles. The van der Waals surface area contributed by atoms with Crippen molar-refractivity contribution in [3.8, 4) is 0 Å². The molecule has 2 heterocycles. The summed E-state index contributed by atoms with van der Waals surface area (Å²) in [5.74, 6) is -0.593. The van der Waals surface area contributed by atoms with Gasteiger partial charge >= 0.3 is 0 Å². The maximum absolute atomic E-state index is 13.2. The van der Waals surface area contributed by atoms with Gasteiger partial charge in [0, 0.05) is 39.9 Å². The largest absolute Gasteiger partial charge is 0.386 e. The molecule has 27 heavy (non-hydrogen) atoms. The highest BCUT2D eigenvalue weighted by Crippen LogP contribution is 2.39. The van der Waals surface area contributed by atoms with E-state index in [0.717, 1.165) is 0 Å². The van der Waals surface area contributed by atoms with E-state index >= 15 is 0 Å². The van der Waals surface area contributed by atoms with Crippen LogP contribution in [0.4, 0.5) is 8.78 Å². The first kappa shape index (κ1) is 20.5. The van der Waals surface area contributed by atoms with Gasteiger partial charge in [-0.25, -0.2) is 8.78 Å². The summed E-state index contributed by atoms with van der Waals surface area (Å²) in [4.78, 5) is 14.3. The van der Waals surface area contributed by atoms with Crippen molar-refractivity contribution in [2.24, 2.45) is 7.05 Å². The number of rotatable bonds is 4. The number of benzene rings is 1. The molecule has 146 valence electrons. The number of alkyl halides is 2. The molecule has 1 saturated heterocycles. The molecule has 0 aliphatic carbocycles. The second kappa shape index (κ2) is 8.03. The van der Waals surface area contributed by atoms with Crippen molar-refractivity contribution in [1.29, 1.82) is 0 Å². The molecule has 1 aromatic carbocycles. The Hall–Kier alpha value is -1.22. The van der Waals surface area contributed by atoms with Crippen LogP contribution in [0.2, 0.25) is 10.0 Å². The quantitative estimate of drug-likeness (QED) is 0.683. The standard InChI is InChI=1S/C17H16BrCl2F2N3O2/c1-24-7-9(14(23-24)16(21)22)17(27)25-4-2-3-12(25)15(26)13-10(19)5-8(18)6-11(13)20/h5-7,12,15-16,26H,2-4H2,1H3. The van der Waals surface area contributed by atoms with E-state index in [1.54, 1.807) is 12.1 Å². The third-order valence-electron chi connectivity index (χ3n) is 4.56. The van der Waals surface area contributed by atoms with Gasteiger partial charge in [-0.3, -0.25) is 9.48 Å². The van der Waals surface area contributed by atoms with Gasteiger partial charge in [0.15, 0.2) is 0 Å². The van der Waals surface area contributed by atoms with E-state index in [4.69, 9.17) is 23.2 Å². The Morgan fingerprint density at radius 1 is 1.37 bits per heavy atom. The van der Waals surface area contributed by atoms with Gasteiger partial charge in [0.25, 0.3) is 12.3 Å². The molecule has 10 heteroatoms. The lowest BCUT2D eigenvalue weighted by Crippen LogP contribution is -2.39. The number of carbonyl (C=O) groups is 1. The summed E-state index contributed by atoms with van der Waals surface area (Å²) in [5.41, 5.74) is -0.423. The first-order valence-electron chi connectivity index (χ1n) is 8.16. The van der Waals surface area contributed by atoms with Crippen molar-refractivity contribution in [2.75, 3.05) is 6.54 Å². The van der Waals surface area contributed by atoms with Crippen LogP contribution in [-0.4, -0.2) is 38.3 Å². The van der Waals surface area contributed by atoms with Crippen molar-refractivity contribution in [2.45, 2.75) is 31.4 Å². The summed E-state index contributed by atoms with van der Waals surface area (Å²) in [6.45, 7) is 0.337. The molecule has 1 aromatic heterocycles. The lowest BCUT2D eigenvalue weighted by atomic mass is 9.99. The number of aliphatic hydroxyl groups excluding tert-OH is 1. The van der Waals surface area contributed by atoms with Crippen molar-refractivity contribution < 1.29 is 18.7 Å². The van der Waals surface area contributed by atoms with Crippen LogP contribution in [0, 0.1) is 0 Å². The zero-order valence-corrected chi connectivity index (χ0v) is 17.3. The predicted molar refractivity (Wildman–Crippen MR) is 101 cm³/mol. The van der Waals surface area contributed by atoms with Gasteiger partial charge in [0.2, 0.25) is 0 Å². The lowest BCUT2D eigenvalue weighted by molar-refractivity contribution is 0.0479. The topological polar surface area (TPSA) is 58.4 Å². The maximum atomic E-state index is 13.2. The van der Waals surface area contributed by atoms with Gasteiger partial charge in [0.1, 0.15) is 11.8 Å². The maximum Gasteiger partial charge on any atom is 0.282 e. The third-order valence-corrected chi connectivity index (χ3v) is 5.64. The van der Waals surface area contributed by atoms with Crippen LogP contribution in [0.5, 0.6) is 0 Å². The van der Waals surface area contributed by atoms with Crippen molar-refractivity contribution in [3.63, 3.8) is 0 Å². The monoisotopic (exact) mass is 481 g/mol. The molecule has 1 fully saturated rings. The van der Waals surface area contributed by atoms with Gasteiger partial charge in [-0.1, -0.05) is 39.1 Å². The zero-order chi connectivity index (χ0) is 19.9. The summed E-state index contributed by atoms with van der Waals surface area (Å²) in [6, 6.07) is 2.58. The number of halogens is 5. The molecule has 0 spiro atoms. The Bertz CT molecular complexity index is 855. The minimum absolute atomic E-state index is 0.167. The first-order valence-corrected chi connectivity index (χ1v) is 9.70. The van der Waals surface area contributed by atoms with Crippen LogP contribution in [0.1, 0.15) is 47.0 Å². The molecule has 3 rings (SSSR count). The Balaban J connectivity index is 1.93. The normalized spacial score (nSPS) is 18.4. The highest BCUT2D eigenvalue weighted by Gasteiger charge is 2.38. The summed E-state index contributed by atoms with van der Waals surface area (Å²) < 4.78 is 28.3. The Morgan fingerprint density at radius 3 is 2.59 bits per heavy atom. The number of carbonyl (C=O) groups excluding carboxylic acids is 1. The van der Waals surface area contributed by atoms with Gasteiger partial charge in [-0.05, 0) is 25.0 Å². The van der Waals surface area contributed by atoms with E-state index in [9.17, 15) is 18.7 Å². The summed E-state index contributed by atoms with van der Waals surface area (Å²) >= 11 is 15.7. The molecular formula is C17H16BrCl2F2N3O2. The van der Waals surface area contributed by atoms with Crippen molar-refractivity contribution >= 4 is 45.0 Å². The molecule has 2 unspecified atom stereocenters. The third kappa shape index (κ3) is 3.99. The van der Waals surface area contributed by atoms with Crippen LogP contribution in [0.15, 0.2) is 22.8 Å². The van der Waals surface area contributed by atoms with Crippen molar-refractivity contribution in [3.05, 3.63) is 49.7 Å². The number of likely N-dealkylation sites (tertiary alicyclic amines) is 1. The summed E-state index contributed by atoms with van der Waals surface area (Å²) in [7, 11) is 1.47. The van der Waals surface area contributed by atoms with Crippen LogP contribution in [0.3, 0.4) is 0 Å². The van der Waals surface area contributed by atoms with Gasteiger partial charge in [-0.15, -0.1) is 0 Å². The molecule has 0 bridgehead atoms. The van der Waals surface area contributed by atoms with E-state index in [2.05, 4.69) is 21.0 Å². The molecule has 2 aromatic rings. The average Bonchev–Trinajstić information content (AvgIpc) is 3.19. The first-order chi connectivity index (χ1) is 12.7. The number of amides is 1. The molecule has 5 nitrogen and oxygen atoms in total. The van der Waals surface area contributed by atoms with E-state index in [1.807, 2.05) is 0 Å². The molecule has 0 saturated carbocycles. The number of aryl methyl sites for hydroxylation is 1. The molecule has 0 radical (unpaired) electrons. The average molecular weight is 483 g/mol. The number of nitrogens with zero attached hydrogens (tertiary/aromatic N) is 3. The molecular weight excluding hydrogens is 467 g/mol. The number of aliphatic hydroxyl groups is 1. The second-order valence-electron chi connectivity index (χ2n) is 6.34. The lowest BCUT2D eigenvalue weighted by Gasteiger charge is -2.30. The Morgan fingerprint density at radius 2 is 2.00 bits per heavy atom. The molecule has 1 amide bonds. The van der Waals surface area contributed by atoms with Crippen LogP contribution >= 0.6 is 39.1 Å². The van der Waals surface area contributed by atoms with E-state index < -0.39 is 30.2 Å². The van der Waals surface area contributed by atoms with E-state index in [-0.39, 0.29) is 15.6 Å². The smallest absolute Gasteiger partial charge is 0.282 e. The molecule has 1 aliphatic rings. The van der Waals surface area contributed by atoms with E-state index in [0.29, 0.717) is 29.4 Å². The Labute approximate surface area is 173 Å². The minimum Gasteiger partial charge on any atom is -0.386 e. The molecule has 2 atom stereocenters. The highest BCUT2D eigenvalue weighted by atomic mass is 79.9. The number of hydrogen-bond donors (Lipinski definition) is 1. The van der Waals surface area contributed by atoms with Crippen LogP contribution in [0.25, 0.3) is 0 Å². The van der Waals surface area contributed by atoms with Crippen LogP contribution < -0.4 is 0 Å². The second-order valence-corrected chi connectivity index (χ2v) is 8.07. The fraction of sp³-hybridized carbons (Fsp3) is 0.412. The fourth-order valence-corrected chi connectivity index (χ4v) is 4.82. The zero-order valence-electron chi connectivity index (χ0n) is 14.2. The highest BCUT2D eigenvalue weighted by molar-refractivity contribution is 9.10. The van der Waals surface area contributed by atoms with Gasteiger partial charge in [-0.2, -0.15) is 5.10 Å². The fourth-order valence-electron chi connectivity index (χ4n) is 3.39. The summed E-state index contributed by atoms with van der Waals surface area (Å²) in [5, 5.41) is 15.1. The minimum atomic E-state index is -2.87. The van der Waals surface area contributed by atoms with Gasteiger partial charge < -0.3 is 10.0 Å². The van der Waals surface area contributed by atoms with Crippen molar-refractivity contribution in [1.82, 2.24) is 14.7 Å². The SMILES string of the molecule is Cn1cc(C(=O)N2CCCC2C(O)c2c(Cl)cc(Br)cc2Cl)c(C(F)F)n1. The van der Waals surface area contributed by atoms with Gasteiger partial charge in [0.05, 0.1) is 11.6 Å². The van der Waals surface area contributed by atoms with E-state index in [1.165, 1.54) is 22.8 Å². The molecule has 1 N–H and O–H groups in total. The van der Waals surface area contributed by atoms with Crippen LogP contribution in [-0.2, 0) is 7.05 Å². The predicted octanol–water partition coefficient (Wildman–Crippen LogP) is 4.77. The Kier molecular flexibility index (Phi) is 6.10. The summed E-state index contributed by atoms with van der Waals surface area (Å²) in [6.07, 6.45) is -1.61.